The standard InChI is InChI=1S/C21H14N2O7/c24-18-10-5-15(6-11-18)2-1-14-3-7-16(8-4-14)21(25)30-20-12-9-17(22(26)27)13-19(20)23(28)29/h1-13,24H/b2-1+. The Hall–Kier alpha value is -4.53. The van der Waals surface area contributed by atoms with Crippen LogP contribution in [0.15, 0.2) is 66.7 Å². The van der Waals surface area contributed by atoms with Gasteiger partial charge in [0.05, 0.1) is 21.5 Å². The molecule has 0 bridgehead atoms. The molecule has 9 nitrogen and oxygen atoms in total. The minimum Gasteiger partial charge on any atom is -0.508 e. The first kappa shape index (κ1) is 20.2. The molecule has 0 aliphatic heterocycles. The van der Waals surface area contributed by atoms with Crippen LogP contribution in [0.1, 0.15) is 21.5 Å². The lowest BCUT2D eigenvalue weighted by Crippen LogP contribution is -2.10. The lowest BCUT2D eigenvalue weighted by atomic mass is 10.1. The summed E-state index contributed by atoms with van der Waals surface area (Å²) in [6.07, 6.45) is 3.63. The average molecular weight is 406 g/mol. The number of hydrogen-bond acceptors (Lipinski definition) is 7. The van der Waals surface area contributed by atoms with Crippen molar-refractivity contribution in [3.05, 3.63) is 104 Å². The van der Waals surface area contributed by atoms with E-state index < -0.39 is 27.2 Å². The van der Waals surface area contributed by atoms with E-state index in [9.17, 15) is 30.1 Å². The Labute approximate surface area is 169 Å². The number of aromatic hydroxyl groups is 1. The minimum absolute atomic E-state index is 0.157. The predicted octanol–water partition coefficient (Wildman–Crippen LogP) is 4.60. The van der Waals surface area contributed by atoms with Gasteiger partial charge in [0.1, 0.15) is 5.75 Å². The van der Waals surface area contributed by atoms with E-state index in [4.69, 9.17) is 4.74 Å². The molecule has 0 atom stereocenters. The van der Waals surface area contributed by atoms with Crippen LogP contribution in [0, 0.1) is 20.2 Å². The van der Waals surface area contributed by atoms with Gasteiger partial charge in [-0.25, -0.2) is 4.79 Å². The molecule has 0 unspecified atom stereocenters. The number of rotatable bonds is 6. The van der Waals surface area contributed by atoms with E-state index in [2.05, 4.69) is 0 Å². The Bertz CT molecular complexity index is 1140. The lowest BCUT2D eigenvalue weighted by Gasteiger charge is -2.05. The van der Waals surface area contributed by atoms with Crippen molar-refractivity contribution in [1.29, 1.82) is 0 Å². The molecule has 9 heteroatoms. The SMILES string of the molecule is O=C(Oc1ccc([N+](=O)[O-])cc1[N+](=O)[O-])c1ccc(/C=C/c2ccc(O)cc2)cc1. The molecule has 0 saturated heterocycles. The Kier molecular flexibility index (Phi) is 5.83. The number of nitro groups is 2. The summed E-state index contributed by atoms with van der Waals surface area (Å²) in [7, 11) is 0. The number of ether oxygens (including phenoxy) is 1. The number of benzene rings is 3. The normalized spacial score (nSPS) is 10.7. The van der Waals surface area contributed by atoms with Crippen LogP contribution in [0.5, 0.6) is 11.5 Å². The van der Waals surface area contributed by atoms with E-state index in [0.29, 0.717) is 0 Å². The molecule has 0 aliphatic rings. The van der Waals surface area contributed by atoms with Crippen molar-refractivity contribution in [2.45, 2.75) is 0 Å². The molecule has 3 aromatic carbocycles. The lowest BCUT2D eigenvalue weighted by molar-refractivity contribution is -0.394. The van der Waals surface area contributed by atoms with Crippen LogP contribution in [0.2, 0.25) is 0 Å². The van der Waals surface area contributed by atoms with Gasteiger partial charge in [0.15, 0.2) is 0 Å². The molecular formula is C21H14N2O7. The van der Waals surface area contributed by atoms with Gasteiger partial charge in [0.25, 0.3) is 5.69 Å². The fourth-order valence-electron chi connectivity index (χ4n) is 2.52. The molecule has 1 N–H and O–H groups in total. The molecule has 0 spiro atoms. The molecule has 0 aromatic heterocycles. The van der Waals surface area contributed by atoms with Gasteiger partial charge in [0, 0.05) is 6.07 Å². The Morgan fingerprint density at radius 2 is 1.40 bits per heavy atom. The third-order valence-corrected chi connectivity index (χ3v) is 4.06. The number of phenols is 1. The summed E-state index contributed by atoms with van der Waals surface area (Å²) in [6.45, 7) is 0. The minimum atomic E-state index is -0.854. The quantitative estimate of drug-likeness (QED) is 0.208. The Morgan fingerprint density at radius 3 is 1.93 bits per heavy atom. The second kappa shape index (κ2) is 8.65. The second-order valence-electron chi connectivity index (χ2n) is 6.10. The zero-order valence-corrected chi connectivity index (χ0v) is 15.3. The van der Waals surface area contributed by atoms with Crippen LogP contribution >= 0.6 is 0 Å². The highest BCUT2D eigenvalue weighted by molar-refractivity contribution is 5.92. The molecule has 3 aromatic rings. The first-order chi connectivity index (χ1) is 14.3. The number of nitrogens with zero attached hydrogens (tertiary/aromatic N) is 2. The monoisotopic (exact) mass is 406 g/mol. The molecule has 0 aliphatic carbocycles. The van der Waals surface area contributed by atoms with Crippen molar-refractivity contribution in [3.8, 4) is 11.5 Å². The van der Waals surface area contributed by atoms with Crippen LogP contribution in [0.25, 0.3) is 12.2 Å². The summed E-state index contributed by atoms with van der Waals surface area (Å²) in [5, 5.41) is 31.2. The van der Waals surface area contributed by atoms with Gasteiger partial charge in [-0.2, -0.15) is 0 Å². The predicted molar refractivity (Wildman–Crippen MR) is 108 cm³/mol. The highest BCUT2D eigenvalue weighted by Crippen LogP contribution is 2.31. The van der Waals surface area contributed by atoms with E-state index in [-0.39, 0.29) is 17.1 Å². The van der Waals surface area contributed by atoms with Crippen LogP contribution in [0.3, 0.4) is 0 Å². The summed E-state index contributed by atoms with van der Waals surface area (Å²) in [5.41, 5.74) is 0.671. The summed E-state index contributed by atoms with van der Waals surface area (Å²) >= 11 is 0. The Balaban J connectivity index is 1.74. The van der Waals surface area contributed by atoms with E-state index in [0.717, 1.165) is 29.3 Å². The van der Waals surface area contributed by atoms with Crippen molar-refractivity contribution < 1.29 is 24.5 Å². The van der Waals surface area contributed by atoms with Crippen LogP contribution in [0.4, 0.5) is 11.4 Å². The van der Waals surface area contributed by atoms with Crippen molar-refractivity contribution in [1.82, 2.24) is 0 Å². The molecule has 0 saturated carbocycles. The van der Waals surface area contributed by atoms with Gasteiger partial charge >= 0.3 is 11.7 Å². The molecule has 0 amide bonds. The number of esters is 1. The molecule has 30 heavy (non-hydrogen) atoms. The summed E-state index contributed by atoms with van der Waals surface area (Å²) in [4.78, 5) is 32.6. The maximum Gasteiger partial charge on any atom is 0.343 e. The topological polar surface area (TPSA) is 133 Å². The zero-order chi connectivity index (χ0) is 21.7. The van der Waals surface area contributed by atoms with Crippen molar-refractivity contribution in [2.24, 2.45) is 0 Å². The molecule has 0 fully saturated rings. The molecule has 150 valence electrons. The van der Waals surface area contributed by atoms with E-state index in [1.54, 1.807) is 36.4 Å². The highest BCUT2D eigenvalue weighted by atomic mass is 16.6. The highest BCUT2D eigenvalue weighted by Gasteiger charge is 2.23. The first-order valence-electron chi connectivity index (χ1n) is 8.55. The molecule has 0 heterocycles. The smallest absolute Gasteiger partial charge is 0.343 e. The van der Waals surface area contributed by atoms with Crippen molar-refractivity contribution in [2.75, 3.05) is 0 Å². The number of carbonyl (C=O) groups is 1. The zero-order valence-electron chi connectivity index (χ0n) is 15.3. The van der Waals surface area contributed by atoms with E-state index in [1.165, 1.54) is 12.1 Å². The number of non-ortho nitro benzene ring substituents is 1. The molecular weight excluding hydrogens is 392 g/mol. The van der Waals surface area contributed by atoms with Gasteiger partial charge in [-0.3, -0.25) is 20.2 Å². The maximum atomic E-state index is 12.3. The number of phenolic OH excluding ortho intramolecular Hbond substituents is 1. The number of hydrogen-bond donors (Lipinski definition) is 1. The van der Waals surface area contributed by atoms with Gasteiger partial charge in [-0.15, -0.1) is 0 Å². The Morgan fingerprint density at radius 1 is 0.833 bits per heavy atom. The van der Waals surface area contributed by atoms with Crippen LogP contribution < -0.4 is 4.74 Å². The number of nitro benzene ring substituents is 2. The number of carbonyl (C=O) groups excluding carboxylic acids is 1. The largest absolute Gasteiger partial charge is 0.508 e. The average Bonchev–Trinajstić information content (AvgIpc) is 2.73. The van der Waals surface area contributed by atoms with Gasteiger partial charge in [-0.05, 0) is 41.5 Å². The van der Waals surface area contributed by atoms with E-state index in [1.807, 2.05) is 12.2 Å². The van der Waals surface area contributed by atoms with Crippen LogP contribution in [-0.2, 0) is 0 Å². The van der Waals surface area contributed by atoms with Gasteiger partial charge in [-0.1, -0.05) is 36.4 Å². The van der Waals surface area contributed by atoms with E-state index >= 15 is 0 Å². The fraction of sp³-hybridized carbons (Fsp3) is 0. The summed E-state index contributed by atoms with van der Waals surface area (Å²) in [6, 6.07) is 15.7. The molecule has 0 radical (unpaired) electrons. The summed E-state index contributed by atoms with van der Waals surface area (Å²) < 4.78 is 5.06. The second-order valence-corrected chi connectivity index (χ2v) is 6.10. The van der Waals surface area contributed by atoms with Crippen molar-refractivity contribution in [3.63, 3.8) is 0 Å². The molecule has 3 rings (SSSR count). The first-order valence-corrected chi connectivity index (χ1v) is 8.55. The van der Waals surface area contributed by atoms with Crippen LogP contribution in [-0.4, -0.2) is 20.9 Å². The van der Waals surface area contributed by atoms with Gasteiger partial charge in [0.2, 0.25) is 5.75 Å². The van der Waals surface area contributed by atoms with Crippen molar-refractivity contribution >= 4 is 29.5 Å². The summed E-state index contributed by atoms with van der Waals surface area (Å²) in [5.74, 6) is -1.05. The third-order valence-electron chi connectivity index (χ3n) is 4.06. The fourth-order valence-corrected chi connectivity index (χ4v) is 2.52. The third kappa shape index (κ3) is 4.84. The van der Waals surface area contributed by atoms with Gasteiger partial charge < -0.3 is 9.84 Å². The maximum absolute atomic E-state index is 12.3.